The monoisotopic (exact) mass is 425 g/mol. The molecule has 0 bridgehead atoms. The Morgan fingerprint density at radius 1 is 0.633 bits per heavy atom. The molecule has 0 aliphatic carbocycles. The molecule has 166 valence electrons. The number of aliphatic hydroxyl groups is 3. The van der Waals surface area contributed by atoms with Gasteiger partial charge in [-0.1, -0.05) is 24.3 Å². The summed E-state index contributed by atoms with van der Waals surface area (Å²) in [6.45, 7) is 1.75. The Morgan fingerprint density at radius 3 is 1.13 bits per heavy atom. The van der Waals surface area contributed by atoms with E-state index in [-0.39, 0.29) is 42.4 Å². The lowest BCUT2D eigenvalue weighted by Crippen LogP contribution is -2.32. The average molecular weight is 425 g/mol. The van der Waals surface area contributed by atoms with Crippen molar-refractivity contribution in [2.75, 3.05) is 39.5 Å². The van der Waals surface area contributed by atoms with E-state index in [1.807, 2.05) is 0 Å². The van der Waals surface area contributed by atoms with E-state index >= 15 is 0 Å². The first-order chi connectivity index (χ1) is 14.3. The van der Waals surface area contributed by atoms with E-state index in [0.29, 0.717) is 19.6 Å². The molecule has 10 nitrogen and oxygen atoms in total. The molecule has 7 N–H and O–H groups in total. The van der Waals surface area contributed by atoms with Gasteiger partial charge in [0.15, 0.2) is 0 Å². The molecule has 2 aromatic carbocycles. The van der Waals surface area contributed by atoms with Crippen LogP contribution in [0.15, 0.2) is 48.5 Å². The maximum atomic E-state index is 10.3. The summed E-state index contributed by atoms with van der Waals surface area (Å²) in [7, 11) is 0. The second-order valence-electron chi connectivity index (χ2n) is 5.66. The van der Waals surface area contributed by atoms with Crippen molar-refractivity contribution in [3.05, 3.63) is 59.7 Å². The van der Waals surface area contributed by atoms with E-state index in [0.717, 1.165) is 0 Å². The highest BCUT2D eigenvalue weighted by molar-refractivity contribution is 5.91. The third-order valence-corrected chi connectivity index (χ3v) is 3.52. The summed E-state index contributed by atoms with van der Waals surface area (Å²) in [6.07, 6.45) is 0. The summed E-state index contributed by atoms with van der Waals surface area (Å²) in [5, 5.41) is 60.1. The van der Waals surface area contributed by atoms with Crippen LogP contribution >= 0.6 is 0 Å². The maximum absolute atomic E-state index is 10.3. The summed E-state index contributed by atoms with van der Waals surface area (Å²) in [5.74, 6) is -2.62. The average Bonchev–Trinajstić information content (AvgIpc) is 2.70. The quantitative estimate of drug-likeness (QED) is 0.314. The van der Waals surface area contributed by atoms with Gasteiger partial charge < -0.3 is 35.7 Å². The Morgan fingerprint density at radius 2 is 0.933 bits per heavy atom. The van der Waals surface area contributed by atoms with Crippen LogP contribution in [0.3, 0.4) is 0 Å². The molecule has 0 aliphatic rings. The molecule has 2 rings (SSSR count). The van der Waals surface area contributed by atoms with Crippen LogP contribution in [0.5, 0.6) is 11.5 Å². The van der Waals surface area contributed by atoms with Crippen LogP contribution in [0.25, 0.3) is 0 Å². The Kier molecular flexibility index (Phi) is 14.0. The molecule has 30 heavy (non-hydrogen) atoms. The van der Waals surface area contributed by atoms with Gasteiger partial charge in [-0.25, -0.2) is 9.59 Å². The second-order valence-corrected chi connectivity index (χ2v) is 5.66. The zero-order valence-electron chi connectivity index (χ0n) is 16.3. The van der Waals surface area contributed by atoms with E-state index < -0.39 is 11.9 Å². The third-order valence-electron chi connectivity index (χ3n) is 3.52. The van der Waals surface area contributed by atoms with Crippen molar-refractivity contribution in [3.63, 3.8) is 0 Å². The number of carbonyl (C=O) groups is 2. The Hall–Kier alpha value is -3.18. The number of carboxylic acid groups (broad SMARTS) is 2. The maximum Gasteiger partial charge on any atom is 0.339 e. The van der Waals surface area contributed by atoms with Gasteiger partial charge in [0.1, 0.15) is 22.6 Å². The minimum atomic E-state index is -1.11. The molecule has 0 unspecified atom stereocenters. The van der Waals surface area contributed by atoms with Gasteiger partial charge in [-0.15, -0.1) is 0 Å². The summed E-state index contributed by atoms with van der Waals surface area (Å²) in [6, 6.07) is 11.6. The molecule has 0 saturated carbocycles. The lowest BCUT2D eigenvalue weighted by atomic mass is 10.2. The van der Waals surface area contributed by atoms with E-state index in [2.05, 4.69) is 0 Å². The Bertz CT molecular complexity index is 698. The van der Waals surface area contributed by atoms with Crippen molar-refractivity contribution in [2.24, 2.45) is 0 Å². The van der Waals surface area contributed by atoms with Crippen LogP contribution in [0.2, 0.25) is 0 Å². The van der Waals surface area contributed by atoms with Crippen LogP contribution in [0.1, 0.15) is 20.7 Å². The molecule has 0 aliphatic heterocycles. The second kappa shape index (κ2) is 15.7. The first kappa shape index (κ1) is 26.8. The first-order valence-corrected chi connectivity index (χ1v) is 8.85. The number of aliphatic hydroxyl groups excluding tert-OH is 3. The van der Waals surface area contributed by atoms with Crippen molar-refractivity contribution >= 4 is 11.9 Å². The van der Waals surface area contributed by atoms with Crippen molar-refractivity contribution in [1.29, 1.82) is 0 Å². The van der Waals surface area contributed by atoms with Crippen LogP contribution < -0.4 is 0 Å². The lowest BCUT2D eigenvalue weighted by Gasteiger charge is -2.17. The molecular formula is C20H27NO9. The number of hydrogen-bond acceptors (Lipinski definition) is 8. The molecule has 10 heteroatoms. The third kappa shape index (κ3) is 11.0. The zero-order valence-corrected chi connectivity index (χ0v) is 16.3. The molecule has 0 saturated heterocycles. The number of benzene rings is 2. The van der Waals surface area contributed by atoms with E-state index in [9.17, 15) is 9.59 Å². The zero-order chi connectivity index (χ0) is 22.9. The van der Waals surface area contributed by atoms with Crippen LogP contribution in [-0.2, 0) is 0 Å². The molecule has 0 amide bonds. The van der Waals surface area contributed by atoms with Crippen molar-refractivity contribution in [3.8, 4) is 11.5 Å². The Labute approximate surface area is 173 Å². The molecule has 0 fully saturated rings. The fourth-order valence-electron chi connectivity index (χ4n) is 2.07. The van der Waals surface area contributed by atoms with E-state index in [4.69, 9.17) is 35.7 Å². The summed E-state index contributed by atoms with van der Waals surface area (Å²) < 4.78 is 0. The number of rotatable bonds is 8. The molecule has 0 spiro atoms. The molecule has 0 heterocycles. The van der Waals surface area contributed by atoms with Gasteiger partial charge in [0.2, 0.25) is 0 Å². The van der Waals surface area contributed by atoms with Gasteiger partial charge in [-0.05, 0) is 24.3 Å². The number of phenols is 2. The number of hydrogen-bond donors (Lipinski definition) is 7. The standard InChI is InChI=1S/2C7H6O3.C6H15NO3/c2*8-6-4-2-1-3-5(6)7(9)10;8-4-1-7(2-5-9)3-6-10/h2*1-4,8H,(H,9,10);8-10H,1-6H2. The molecule has 0 aromatic heterocycles. The first-order valence-electron chi connectivity index (χ1n) is 8.85. The number of aromatic carboxylic acids is 2. The number of nitrogens with zero attached hydrogens (tertiary/aromatic N) is 1. The normalized spacial score (nSPS) is 9.73. The number of aromatic hydroxyl groups is 2. The number of para-hydroxylation sites is 2. The van der Waals surface area contributed by atoms with Gasteiger partial charge in [-0.2, -0.15) is 0 Å². The number of carboxylic acids is 2. The van der Waals surface area contributed by atoms with Crippen LogP contribution in [0, 0.1) is 0 Å². The highest BCUT2D eigenvalue weighted by atomic mass is 16.4. The minimum absolute atomic E-state index is 0.0671. The summed E-state index contributed by atoms with van der Waals surface area (Å²) in [4.78, 5) is 22.3. The van der Waals surface area contributed by atoms with Gasteiger partial charge in [-0.3, -0.25) is 4.90 Å². The van der Waals surface area contributed by atoms with Crippen LogP contribution in [-0.4, -0.2) is 92.0 Å². The minimum Gasteiger partial charge on any atom is -0.507 e. The molecule has 0 atom stereocenters. The predicted octanol–water partition coefficient (Wildman–Crippen LogP) is 0.446. The van der Waals surface area contributed by atoms with E-state index in [1.54, 1.807) is 29.2 Å². The fraction of sp³-hybridized carbons (Fsp3) is 0.300. The van der Waals surface area contributed by atoms with Crippen molar-refractivity contribution in [2.45, 2.75) is 0 Å². The highest BCUT2D eigenvalue weighted by Crippen LogP contribution is 2.15. The van der Waals surface area contributed by atoms with Gasteiger partial charge >= 0.3 is 11.9 Å². The molecule has 2 aromatic rings. The Balaban J connectivity index is 0.000000420. The van der Waals surface area contributed by atoms with Crippen molar-refractivity contribution < 1.29 is 45.3 Å². The highest BCUT2D eigenvalue weighted by Gasteiger charge is 2.06. The topological polar surface area (TPSA) is 179 Å². The molecule has 0 radical (unpaired) electrons. The smallest absolute Gasteiger partial charge is 0.339 e. The lowest BCUT2D eigenvalue weighted by molar-refractivity contribution is 0.0682. The fourth-order valence-corrected chi connectivity index (χ4v) is 2.07. The van der Waals surface area contributed by atoms with E-state index in [1.165, 1.54) is 24.3 Å². The van der Waals surface area contributed by atoms with Gasteiger partial charge in [0, 0.05) is 19.6 Å². The summed E-state index contributed by atoms with van der Waals surface area (Å²) >= 11 is 0. The molecular weight excluding hydrogens is 398 g/mol. The van der Waals surface area contributed by atoms with Gasteiger partial charge in [0.05, 0.1) is 19.8 Å². The summed E-state index contributed by atoms with van der Waals surface area (Å²) in [5.41, 5.74) is -0.134. The van der Waals surface area contributed by atoms with Gasteiger partial charge in [0.25, 0.3) is 0 Å². The SMILES string of the molecule is O=C(O)c1ccccc1O.O=C(O)c1ccccc1O.OCCN(CCO)CCO. The van der Waals surface area contributed by atoms with Crippen LogP contribution in [0.4, 0.5) is 0 Å². The predicted molar refractivity (Wildman–Crippen MR) is 108 cm³/mol. The largest absolute Gasteiger partial charge is 0.507 e. The van der Waals surface area contributed by atoms with Crippen molar-refractivity contribution in [1.82, 2.24) is 4.90 Å².